The van der Waals surface area contributed by atoms with Crippen LogP contribution >= 0.6 is 12.4 Å². The molecule has 4 nitrogen and oxygen atoms in total. The van der Waals surface area contributed by atoms with Gasteiger partial charge in [0, 0.05) is 12.1 Å². The standard InChI is InChI=1S/C11H20N2O2.ClH/c1-11(4-6-12-7-5-11)13-10(14)9-3-2-8-15-9;/h9,12H,2-8H2,1H3,(H,13,14);1H. The fourth-order valence-corrected chi connectivity index (χ4v) is 2.27. The second-order valence-electron chi connectivity index (χ2n) is 4.80. The zero-order chi connectivity index (χ0) is 10.7. The average Bonchev–Trinajstić information content (AvgIpc) is 2.70. The summed E-state index contributed by atoms with van der Waals surface area (Å²) in [5, 5.41) is 6.43. The van der Waals surface area contributed by atoms with Crippen LogP contribution < -0.4 is 10.6 Å². The molecule has 1 atom stereocenters. The van der Waals surface area contributed by atoms with Gasteiger partial charge in [0.15, 0.2) is 0 Å². The highest BCUT2D eigenvalue weighted by Gasteiger charge is 2.32. The van der Waals surface area contributed by atoms with Crippen LogP contribution in [0.1, 0.15) is 32.6 Å². The van der Waals surface area contributed by atoms with E-state index in [0.717, 1.165) is 45.4 Å². The van der Waals surface area contributed by atoms with Gasteiger partial charge in [0.25, 0.3) is 0 Å². The number of hydrogen-bond acceptors (Lipinski definition) is 3. The fourth-order valence-electron chi connectivity index (χ4n) is 2.27. The van der Waals surface area contributed by atoms with Gasteiger partial charge in [-0.25, -0.2) is 0 Å². The molecular formula is C11H21ClN2O2. The van der Waals surface area contributed by atoms with Crippen LogP contribution in [0.4, 0.5) is 0 Å². The number of ether oxygens (including phenoxy) is 1. The van der Waals surface area contributed by atoms with E-state index in [-0.39, 0.29) is 30.0 Å². The smallest absolute Gasteiger partial charge is 0.249 e. The van der Waals surface area contributed by atoms with Crippen LogP contribution in [0.5, 0.6) is 0 Å². The molecular weight excluding hydrogens is 228 g/mol. The zero-order valence-corrected chi connectivity index (χ0v) is 10.6. The summed E-state index contributed by atoms with van der Waals surface area (Å²) in [6, 6.07) is 0. The number of hydrogen-bond donors (Lipinski definition) is 2. The van der Waals surface area contributed by atoms with Gasteiger partial charge in [-0.05, 0) is 45.7 Å². The summed E-state index contributed by atoms with van der Waals surface area (Å²) < 4.78 is 5.37. The Kier molecular flexibility index (Phi) is 5.02. The molecule has 0 aliphatic carbocycles. The summed E-state index contributed by atoms with van der Waals surface area (Å²) in [7, 11) is 0. The molecule has 2 fully saturated rings. The number of carbonyl (C=O) groups excluding carboxylic acids is 1. The van der Waals surface area contributed by atoms with E-state index < -0.39 is 0 Å². The zero-order valence-electron chi connectivity index (χ0n) is 9.75. The lowest BCUT2D eigenvalue weighted by Crippen LogP contribution is -2.54. The lowest BCUT2D eigenvalue weighted by Gasteiger charge is -2.35. The third-order valence-corrected chi connectivity index (χ3v) is 3.35. The Labute approximate surface area is 103 Å². The summed E-state index contributed by atoms with van der Waals surface area (Å²) in [4.78, 5) is 11.9. The van der Waals surface area contributed by atoms with E-state index in [9.17, 15) is 4.79 Å². The highest BCUT2D eigenvalue weighted by atomic mass is 35.5. The second-order valence-corrected chi connectivity index (χ2v) is 4.80. The van der Waals surface area contributed by atoms with Crippen molar-refractivity contribution in [1.29, 1.82) is 0 Å². The molecule has 16 heavy (non-hydrogen) atoms. The van der Waals surface area contributed by atoms with Gasteiger partial charge in [-0.1, -0.05) is 0 Å². The Hall–Kier alpha value is -0.320. The minimum Gasteiger partial charge on any atom is -0.368 e. The number of amides is 1. The third-order valence-electron chi connectivity index (χ3n) is 3.35. The van der Waals surface area contributed by atoms with E-state index in [1.807, 2.05) is 0 Å². The van der Waals surface area contributed by atoms with Gasteiger partial charge in [0.1, 0.15) is 6.10 Å². The minimum atomic E-state index is -0.197. The lowest BCUT2D eigenvalue weighted by atomic mass is 9.90. The van der Waals surface area contributed by atoms with Crippen molar-refractivity contribution < 1.29 is 9.53 Å². The first-order valence-corrected chi connectivity index (χ1v) is 5.84. The Morgan fingerprint density at radius 2 is 2.12 bits per heavy atom. The van der Waals surface area contributed by atoms with Gasteiger partial charge in [-0.15, -0.1) is 12.4 Å². The quantitative estimate of drug-likeness (QED) is 0.762. The molecule has 0 aromatic rings. The molecule has 2 N–H and O–H groups in total. The van der Waals surface area contributed by atoms with Gasteiger partial charge < -0.3 is 15.4 Å². The molecule has 1 amide bonds. The molecule has 0 bridgehead atoms. The topological polar surface area (TPSA) is 50.4 Å². The van der Waals surface area contributed by atoms with Crippen molar-refractivity contribution in [2.24, 2.45) is 0 Å². The van der Waals surface area contributed by atoms with Crippen molar-refractivity contribution in [1.82, 2.24) is 10.6 Å². The average molecular weight is 249 g/mol. The van der Waals surface area contributed by atoms with E-state index in [0.29, 0.717) is 0 Å². The summed E-state index contributed by atoms with van der Waals surface area (Å²) in [5.41, 5.74) is -0.0334. The molecule has 1 unspecified atom stereocenters. The summed E-state index contributed by atoms with van der Waals surface area (Å²) in [6.45, 7) is 4.83. The number of rotatable bonds is 2. The van der Waals surface area contributed by atoms with Crippen molar-refractivity contribution in [3.05, 3.63) is 0 Å². The van der Waals surface area contributed by atoms with E-state index in [2.05, 4.69) is 17.6 Å². The Morgan fingerprint density at radius 3 is 2.69 bits per heavy atom. The molecule has 2 aliphatic heterocycles. The maximum atomic E-state index is 11.9. The van der Waals surface area contributed by atoms with Crippen LogP contribution in [-0.4, -0.2) is 37.2 Å². The monoisotopic (exact) mass is 248 g/mol. The van der Waals surface area contributed by atoms with Crippen LogP contribution in [0.15, 0.2) is 0 Å². The molecule has 0 aromatic heterocycles. The van der Waals surface area contributed by atoms with E-state index in [1.54, 1.807) is 0 Å². The van der Waals surface area contributed by atoms with Crippen molar-refractivity contribution in [2.75, 3.05) is 19.7 Å². The second kappa shape index (κ2) is 5.84. The van der Waals surface area contributed by atoms with E-state index in [4.69, 9.17) is 4.74 Å². The normalized spacial score (nSPS) is 28.2. The van der Waals surface area contributed by atoms with Gasteiger partial charge in [-0.2, -0.15) is 0 Å². The van der Waals surface area contributed by atoms with Crippen LogP contribution in [0, 0.1) is 0 Å². The molecule has 5 heteroatoms. The molecule has 0 spiro atoms. The lowest BCUT2D eigenvalue weighted by molar-refractivity contribution is -0.132. The van der Waals surface area contributed by atoms with Crippen molar-refractivity contribution >= 4 is 18.3 Å². The minimum absolute atomic E-state index is 0. The molecule has 0 saturated carbocycles. The van der Waals surface area contributed by atoms with Crippen molar-refractivity contribution in [3.8, 4) is 0 Å². The van der Waals surface area contributed by atoms with E-state index >= 15 is 0 Å². The predicted molar refractivity (Wildman–Crippen MR) is 64.9 cm³/mol. The molecule has 2 saturated heterocycles. The molecule has 2 heterocycles. The molecule has 2 rings (SSSR count). The van der Waals surface area contributed by atoms with Crippen LogP contribution in [0.2, 0.25) is 0 Å². The maximum absolute atomic E-state index is 11.9. The number of piperidine rings is 1. The molecule has 0 aromatic carbocycles. The largest absolute Gasteiger partial charge is 0.368 e. The first kappa shape index (κ1) is 13.7. The highest BCUT2D eigenvalue weighted by Crippen LogP contribution is 2.19. The number of nitrogens with one attached hydrogen (secondary N) is 2. The Morgan fingerprint density at radius 1 is 1.44 bits per heavy atom. The number of carbonyl (C=O) groups is 1. The molecule has 2 aliphatic rings. The third kappa shape index (κ3) is 3.34. The van der Waals surface area contributed by atoms with Gasteiger partial charge in [0.2, 0.25) is 5.91 Å². The van der Waals surface area contributed by atoms with Gasteiger partial charge in [-0.3, -0.25) is 4.79 Å². The Bertz CT molecular complexity index is 236. The summed E-state index contributed by atoms with van der Waals surface area (Å²) >= 11 is 0. The van der Waals surface area contributed by atoms with Crippen LogP contribution in [0.25, 0.3) is 0 Å². The van der Waals surface area contributed by atoms with Crippen LogP contribution in [0.3, 0.4) is 0 Å². The van der Waals surface area contributed by atoms with Crippen molar-refractivity contribution in [3.63, 3.8) is 0 Å². The van der Waals surface area contributed by atoms with Crippen LogP contribution in [-0.2, 0) is 9.53 Å². The summed E-state index contributed by atoms with van der Waals surface area (Å²) in [6.07, 6.45) is 3.70. The van der Waals surface area contributed by atoms with Gasteiger partial charge in [0.05, 0.1) is 0 Å². The first-order chi connectivity index (χ1) is 7.20. The van der Waals surface area contributed by atoms with Crippen molar-refractivity contribution in [2.45, 2.75) is 44.2 Å². The maximum Gasteiger partial charge on any atom is 0.249 e. The predicted octanol–water partition coefficient (Wildman–Crippen LogP) is 0.845. The number of halogens is 1. The Balaban J connectivity index is 0.00000128. The highest BCUT2D eigenvalue weighted by molar-refractivity contribution is 5.85. The molecule has 0 radical (unpaired) electrons. The van der Waals surface area contributed by atoms with E-state index in [1.165, 1.54) is 0 Å². The summed E-state index contributed by atoms with van der Waals surface area (Å²) in [5.74, 6) is 0.0805. The molecule has 94 valence electrons. The first-order valence-electron chi connectivity index (χ1n) is 5.84. The van der Waals surface area contributed by atoms with Gasteiger partial charge >= 0.3 is 0 Å². The fraction of sp³-hybridized carbons (Fsp3) is 0.909. The SMILES string of the molecule is CC1(NC(=O)C2CCCO2)CCNCC1.Cl.